The quantitative estimate of drug-likeness (QED) is 0.763. The second-order valence-electron chi connectivity index (χ2n) is 5.16. The summed E-state index contributed by atoms with van der Waals surface area (Å²) in [5, 5.41) is 5.15. The maximum absolute atomic E-state index is 4.34. The molecule has 3 heteroatoms. The van der Waals surface area contributed by atoms with Crippen LogP contribution in [-0.2, 0) is 10.7 Å². The minimum atomic E-state index is 0.195. The van der Waals surface area contributed by atoms with E-state index >= 15 is 0 Å². The summed E-state index contributed by atoms with van der Waals surface area (Å²) in [5.74, 6) is 0. The number of alkyl halides is 1. The normalized spacial score (nSPS) is 11.8. The van der Waals surface area contributed by atoms with Crippen LogP contribution in [0.2, 0.25) is 0 Å². The van der Waals surface area contributed by atoms with Crippen LogP contribution in [0.1, 0.15) is 32.0 Å². The van der Waals surface area contributed by atoms with Gasteiger partial charge in [-0.3, -0.25) is 0 Å². The Morgan fingerprint density at radius 3 is 2.29 bits per heavy atom. The Balaban J connectivity index is 2.36. The SMILES string of the molecule is CC(C)(C)c1ccc(-n2nccc2CBr)cc1. The first kappa shape index (κ1) is 12.4. The molecule has 2 aromatic rings. The third-order valence-corrected chi connectivity index (χ3v) is 3.41. The number of nitrogens with zero attached hydrogens (tertiary/aromatic N) is 2. The van der Waals surface area contributed by atoms with Gasteiger partial charge < -0.3 is 0 Å². The van der Waals surface area contributed by atoms with E-state index in [1.807, 2.05) is 16.9 Å². The molecule has 17 heavy (non-hydrogen) atoms. The van der Waals surface area contributed by atoms with E-state index in [0.717, 1.165) is 16.7 Å². The van der Waals surface area contributed by atoms with Gasteiger partial charge in [0.05, 0.1) is 11.4 Å². The molecule has 0 aliphatic heterocycles. The first-order valence-corrected chi connectivity index (χ1v) is 6.84. The first-order chi connectivity index (χ1) is 8.02. The molecule has 1 aromatic carbocycles. The van der Waals surface area contributed by atoms with Crippen LogP contribution in [0.5, 0.6) is 0 Å². The van der Waals surface area contributed by atoms with Gasteiger partial charge in [0.25, 0.3) is 0 Å². The zero-order chi connectivity index (χ0) is 12.5. The lowest BCUT2D eigenvalue weighted by Gasteiger charge is -2.19. The maximum atomic E-state index is 4.34. The number of hydrogen-bond acceptors (Lipinski definition) is 1. The molecular weight excluding hydrogens is 276 g/mol. The summed E-state index contributed by atoms with van der Waals surface area (Å²) in [6.45, 7) is 6.67. The fourth-order valence-corrected chi connectivity index (χ4v) is 2.19. The van der Waals surface area contributed by atoms with Crippen LogP contribution >= 0.6 is 15.9 Å². The molecule has 0 fully saturated rings. The molecule has 1 aromatic heterocycles. The smallest absolute Gasteiger partial charge is 0.0649 e. The molecule has 0 unspecified atom stereocenters. The van der Waals surface area contributed by atoms with Crippen molar-refractivity contribution in [2.45, 2.75) is 31.5 Å². The number of halogens is 1. The van der Waals surface area contributed by atoms with Crippen LogP contribution in [0, 0.1) is 0 Å². The topological polar surface area (TPSA) is 17.8 Å². The molecule has 2 rings (SSSR count). The standard InChI is InChI=1S/C14H17BrN2/c1-14(2,3)11-4-6-12(7-5-11)17-13(10-15)8-9-16-17/h4-9H,10H2,1-3H3. The summed E-state index contributed by atoms with van der Waals surface area (Å²) >= 11 is 3.47. The van der Waals surface area contributed by atoms with Gasteiger partial charge in [-0.05, 0) is 29.2 Å². The van der Waals surface area contributed by atoms with Gasteiger partial charge in [0.2, 0.25) is 0 Å². The van der Waals surface area contributed by atoms with Crippen molar-refractivity contribution in [1.29, 1.82) is 0 Å². The van der Waals surface area contributed by atoms with Gasteiger partial charge in [-0.2, -0.15) is 5.10 Å². The van der Waals surface area contributed by atoms with Crippen molar-refractivity contribution in [2.24, 2.45) is 0 Å². The highest BCUT2D eigenvalue weighted by Gasteiger charge is 2.13. The molecular formula is C14H17BrN2. The predicted molar refractivity (Wildman–Crippen MR) is 74.9 cm³/mol. The number of benzene rings is 1. The largest absolute Gasteiger partial charge is 0.237 e. The molecule has 0 spiro atoms. The minimum absolute atomic E-state index is 0.195. The van der Waals surface area contributed by atoms with Gasteiger partial charge in [-0.15, -0.1) is 0 Å². The molecule has 0 radical (unpaired) electrons. The first-order valence-electron chi connectivity index (χ1n) is 5.72. The van der Waals surface area contributed by atoms with Crippen LogP contribution < -0.4 is 0 Å². The Morgan fingerprint density at radius 1 is 1.12 bits per heavy atom. The molecule has 0 aliphatic carbocycles. The van der Waals surface area contributed by atoms with Crippen molar-refractivity contribution >= 4 is 15.9 Å². The number of aromatic nitrogens is 2. The van der Waals surface area contributed by atoms with Crippen molar-refractivity contribution < 1.29 is 0 Å². The van der Waals surface area contributed by atoms with E-state index in [-0.39, 0.29) is 5.41 Å². The summed E-state index contributed by atoms with van der Waals surface area (Å²) in [6, 6.07) is 10.6. The molecule has 0 bridgehead atoms. The van der Waals surface area contributed by atoms with E-state index in [1.54, 1.807) is 0 Å². The van der Waals surface area contributed by atoms with Gasteiger partial charge in [0, 0.05) is 11.5 Å². The maximum Gasteiger partial charge on any atom is 0.0649 e. The van der Waals surface area contributed by atoms with Crippen molar-refractivity contribution in [3.63, 3.8) is 0 Å². The zero-order valence-electron chi connectivity index (χ0n) is 10.4. The van der Waals surface area contributed by atoms with Crippen LogP contribution in [-0.4, -0.2) is 9.78 Å². The molecule has 0 N–H and O–H groups in total. The van der Waals surface area contributed by atoms with E-state index in [0.29, 0.717) is 0 Å². The Kier molecular flexibility index (Phi) is 3.38. The Hall–Kier alpha value is -1.09. The highest BCUT2D eigenvalue weighted by molar-refractivity contribution is 9.08. The lowest BCUT2D eigenvalue weighted by molar-refractivity contribution is 0.590. The van der Waals surface area contributed by atoms with Crippen molar-refractivity contribution in [2.75, 3.05) is 0 Å². The third-order valence-electron chi connectivity index (χ3n) is 2.84. The molecule has 0 aliphatic rings. The van der Waals surface area contributed by atoms with Crippen molar-refractivity contribution in [3.8, 4) is 5.69 Å². The number of hydrogen-bond donors (Lipinski definition) is 0. The van der Waals surface area contributed by atoms with E-state index < -0.39 is 0 Å². The van der Waals surface area contributed by atoms with Crippen molar-refractivity contribution in [1.82, 2.24) is 9.78 Å². The average molecular weight is 293 g/mol. The summed E-state index contributed by atoms with van der Waals surface area (Å²) in [5.41, 5.74) is 3.81. The molecule has 90 valence electrons. The molecule has 0 saturated heterocycles. The second-order valence-corrected chi connectivity index (χ2v) is 5.73. The van der Waals surface area contributed by atoms with Crippen molar-refractivity contribution in [3.05, 3.63) is 47.8 Å². The average Bonchev–Trinajstić information content (AvgIpc) is 2.76. The zero-order valence-corrected chi connectivity index (χ0v) is 12.0. The monoisotopic (exact) mass is 292 g/mol. The lowest BCUT2D eigenvalue weighted by atomic mass is 9.87. The van der Waals surface area contributed by atoms with Gasteiger partial charge >= 0.3 is 0 Å². The van der Waals surface area contributed by atoms with E-state index in [4.69, 9.17) is 0 Å². The molecule has 0 saturated carbocycles. The van der Waals surface area contributed by atoms with Crippen LogP contribution in [0.3, 0.4) is 0 Å². The Morgan fingerprint density at radius 2 is 1.76 bits per heavy atom. The van der Waals surface area contributed by atoms with Gasteiger partial charge in [-0.1, -0.05) is 48.8 Å². The van der Waals surface area contributed by atoms with Crippen LogP contribution in [0.25, 0.3) is 5.69 Å². The summed E-state index contributed by atoms with van der Waals surface area (Å²) < 4.78 is 1.96. The Bertz CT molecular complexity index is 492. The highest BCUT2D eigenvalue weighted by atomic mass is 79.9. The van der Waals surface area contributed by atoms with E-state index in [2.05, 4.69) is 66.1 Å². The van der Waals surface area contributed by atoms with Crippen LogP contribution in [0.4, 0.5) is 0 Å². The Labute approximate surface area is 111 Å². The number of rotatable bonds is 2. The van der Waals surface area contributed by atoms with E-state index in [1.165, 1.54) is 5.56 Å². The summed E-state index contributed by atoms with van der Waals surface area (Å²) in [4.78, 5) is 0. The predicted octanol–water partition coefficient (Wildman–Crippen LogP) is 4.06. The minimum Gasteiger partial charge on any atom is -0.237 e. The lowest BCUT2D eigenvalue weighted by Crippen LogP contribution is -2.11. The fraction of sp³-hybridized carbons (Fsp3) is 0.357. The summed E-state index contributed by atoms with van der Waals surface area (Å²) in [6.07, 6.45) is 1.83. The molecule has 1 heterocycles. The second kappa shape index (κ2) is 4.65. The molecule has 0 atom stereocenters. The van der Waals surface area contributed by atoms with Gasteiger partial charge in [0.1, 0.15) is 0 Å². The fourth-order valence-electron chi connectivity index (χ4n) is 1.77. The molecule has 0 amide bonds. The van der Waals surface area contributed by atoms with Gasteiger partial charge in [0.15, 0.2) is 0 Å². The molecule has 2 nitrogen and oxygen atoms in total. The summed E-state index contributed by atoms with van der Waals surface area (Å²) in [7, 11) is 0. The van der Waals surface area contributed by atoms with Gasteiger partial charge in [-0.25, -0.2) is 4.68 Å². The van der Waals surface area contributed by atoms with Crippen LogP contribution in [0.15, 0.2) is 36.5 Å². The third kappa shape index (κ3) is 2.60. The van der Waals surface area contributed by atoms with E-state index in [9.17, 15) is 0 Å². The highest BCUT2D eigenvalue weighted by Crippen LogP contribution is 2.23.